The molecule has 0 bridgehead atoms. The summed E-state index contributed by atoms with van der Waals surface area (Å²) in [7, 11) is 0. The molecule has 2 heterocycles. The summed E-state index contributed by atoms with van der Waals surface area (Å²) in [5.74, 6) is 0.304. The van der Waals surface area contributed by atoms with E-state index in [0.717, 1.165) is 24.4 Å². The van der Waals surface area contributed by atoms with Gasteiger partial charge in [-0.25, -0.2) is 9.97 Å². The number of rotatable bonds is 6. The van der Waals surface area contributed by atoms with Crippen molar-refractivity contribution in [1.82, 2.24) is 9.97 Å². The number of hydrogen-bond acceptors (Lipinski definition) is 6. The normalized spacial score (nSPS) is 12.1. The average Bonchev–Trinajstić information content (AvgIpc) is 2.69. The van der Waals surface area contributed by atoms with Crippen molar-refractivity contribution in [2.24, 2.45) is 0 Å². The number of pyridine rings is 2. The van der Waals surface area contributed by atoms with E-state index in [4.69, 9.17) is 0 Å². The molecule has 2 aromatic heterocycles. The van der Waals surface area contributed by atoms with E-state index in [0.29, 0.717) is 11.9 Å². The van der Waals surface area contributed by atoms with Gasteiger partial charge in [0.15, 0.2) is 0 Å². The van der Waals surface area contributed by atoms with E-state index in [1.807, 2.05) is 0 Å². The highest BCUT2D eigenvalue weighted by atomic mass is 19.4. The molecule has 31 heavy (non-hydrogen) atoms. The van der Waals surface area contributed by atoms with Crippen LogP contribution in [-0.2, 0) is 12.4 Å². The number of nitro groups is 1. The standard InChI is InChI=1S/C18H13F6N5O2/c19-17(20,21)10-1-3-12-13(8-15(18(22,23)24)28-14(12)7-10)25-5-6-26-16-4-2-11(9-27-16)29(30)31/h1-4,7-9H,5-6H2,(H,25,28)(H,26,27). The van der Waals surface area contributed by atoms with E-state index in [9.17, 15) is 36.5 Å². The molecule has 0 saturated heterocycles. The summed E-state index contributed by atoms with van der Waals surface area (Å²) in [6, 6.07) is 5.70. The highest BCUT2D eigenvalue weighted by Crippen LogP contribution is 2.36. The third-order valence-corrected chi connectivity index (χ3v) is 4.13. The van der Waals surface area contributed by atoms with Crippen molar-refractivity contribution in [3.8, 4) is 0 Å². The maximum Gasteiger partial charge on any atom is 0.433 e. The molecule has 0 aliphatic heterocycles. The van der Waals surface area contributed by atoms with Crippen LogP contribution in [-0.4, -0.2) is 28.0 Å². The van der Waals surface area contributed by atoms with Gasteiger partial charge < -0.3 is 10.6 Å². The lowest BCUT2D eigenvalue weighted by atomic mass is 10.1. The monoisotopic (exact) mass is 445 g/mol. The first-order valence-corrected chi connectivity index (χ1v) is 8.62. The predicted molar refractivity (Wildman–Crippen MR) is 99.6 cm³/mol. The van der Waals surface area contributed by atoms with Gasteiger partial charge in [-0.3, -0.25) is 10.1 Å². The molecule has 0 atom stereocenters. The van der Waals surface area contributed by atoms with Gasteiger partial charge in [-0.1, -0.05) is 6.07 Å². The van der Waals surface area contributed by atoms with Gasteiger partial charge in [0.25, 0.3) is 5.69 Å². The number of nitrogens with zero attached hydrogens (tertiary/aromatic N) is 3. The van der Waals surface area contributed by atoms with Crippen molar-refractivity contribution in [3.05, 3.63) is 64.0 Å². The molecule has 3 aromatic rings. The summed E-state index contributed by atoms with van der Waals surface area (Å²) < 4.78 is 78.2. The second kappa shape index (κ2) is 8.24. The Labute approximate surface area is 170 Å². The van der Waals surface area contributed by atoms with Gasteiger partial charge in [0, 0.05) is 30.2 Å². The maximum absolute atomic E-state index is 13.1. The molecule has 164 valence electrons. The molecule has 13 heteroatoms. The Morgan fingerprint density at radius 2 is 1.65 bits per heavy atom. The van der Waals surface area contributed by atoms with Crippen LogP contribution in [0.3, 0.4) is 0 Å². The predicted octanol–water partition coefficient (Wildman–Crippen LogP) is 5.10. The van der Waals surface area contributed by atoms with Gasteiger partial charge in [0.1, 0.15) is 17.7 Å². The van der Waals surface area contributed by atoms with Gasteiger partial charge in [-0.05, 0) is 24.3 Å². The van der Waals surface area contributed by atoms with Crippen molar-refractivity contribution < 1.29 is 31.3 Å². The lowest BCUT2D eigenvalue weighted by Crippen LogP contribution is -2.16. The summed E-state index contributed by atoms with van der Waals surface area (Å²) in [6.45, 7) is 0.243. The van der Waals surface area contributed by atoms with Gasteiger partial charge >= 0.3 is 12.4 Å². The molecule has 7 nitrogen and oxygen atoms in total. The Morgan fingerprint density at radius 1 is 0.935 bits per heavy atom. The number of fused-ring (bicyclic) bond motifs is 1. The molecular weight excluding hydrogens is 432 g/mol. The van der Waals surface area contributed by atoms with Gasteiger partial charge in [0.2, 0.25) is 0 Å². The first-order valence-electron chi connectivity index (χ1n) is 8.62. The highest BCUT2D eigenvalue weighted by Gasteiger charge is 2.35. The van der Waals surface area contributed by atoms with E-state index in [-0.39, 0.29) is 29.9 Å². The smallest absolute Gasteiger partial charge is 0.383 e. The largest absolute Gasteiger partial charge is 0.433 e. The van der Waals surface area contributed by atoms with Crippen LogP contribution in [0.1, 0.15) is 11.3 Å². The second-order valence-corrected chi connectivity index (χ2v) is 6.29. The summed E-state index contributed by atoms with van der Waals surface area (Å²) in [4.78, 5) is 17.1. The fourth-order valence-electron chi connectivity index (χ4n) is 2.68. The molecule has 3 rings (SSSR count). The van der Waals surface area contributed by atoms with Crippen molar-refractivity contribution in [3.63, 3.8) is 0 Å². The number of anilines is 2. The van der Waals surface area contributed by atoms with Crippen LogP contribution in [0.25, 0.3) is 10.9 Å². The summed E-state index contributed by atoms with van der Waals surface area (Å²) in [6.07, 6.45) is -8.53. The molecule has 0 aliphatic carbocycles. The fourth-order valence-corrected chi connectivity index (χ4v) is 2.68. The zero-order valence-electron chi connectivity index (χ0n) is 15.4. The van der Waals surface area contributed by atoms with Crippen molar-refractivity contribution in [2.75, 3.05) is 23.7 Å². The van der Waals surface area contributed by atoms with Crippen molar-refractivity contribution in [2.45, 2.75) is 12.4 Å². The summed E-state index contributed by atoms with van der Waals surface area (Å²) in [5.41, 5.74) is -3.12. The third-order valence-electron chi connectivity index (χ3n) is 4.13. The topological polar surface area (TPSA) is 93.0 Å². The fraction of sp³-hybridized carbons (Fsp3) is 0.222. The molecule has 0 spiro atoms. The van der Waals surface area contributed by atoms with Crippen LogP contribution in [0.2, 0.25) is 0 Å². The number of nitrogens with one attached hydrogen (secondary N) is 2. The first-order chi connectivity index (χ1) is 14.4. The molecular formula is C18H13F6N5O2. The summed E-state index contributed by atoms with van der Waals surface area (Å²) in [5, 5.41) is 16.2. The zero-order chi connectivity index (χ0) is 22.8. The molecule has 0 aliphatic rings. The minimum atomic E-state index is -4.85. The van der Waals surface area contributed by atoms with Crippen LogP contribution < -0.4 is 10.6 Å². The molecule has 0 fully saturated rings. The van der Waals surface area contributed by atoms with E-state index in [1.54, 1.807) is 0 Å². The molecule has 0 amide bonds. The number of benzene rings is 1. The SMILES string of the molecule is O=[N+]([O-])c1ccc(NCCNc2cc(C(F)(F)F)nc3cc(C(F)(F)F)ccc23)nc1. The summed E-state index contributed by atoms with van der Waals surface area (Å²) >= 11 is 0. The minimum Gasteiger partial charge on any atom is -0.383 e. The van der Waals surface area contributed by atoms with E-state index in [1.165, 1.54) is 12.1 Å². The Hall–Kier alpha value is -3.64. The quantitative estimate of drug-likeness (QED) is 0.237. The number of halogens is 6. The molecule has 0 radical (unpaired) electrons. The first kappa shape index (κ1) is 22.1. The molecule has 0 saturated carbocycles. The lowest BCUT2D eigenvalue weighted by Gasteiger charge is -2.15. The Balaban J connectivity index is 1.79. The third kappa shape index (κ3) is 5.29. The number of hydrogen-bond donors (Lipinski definition) is 2. The maximum atomic E-state index is 13.1. The Kier molecular flexibility index (Phi) is 5.86. The van der Waals surface area contributed by atoms with E-state index >= 15 is 0 Å². The van der Waals surface area contributed by atoms with Gasteiger partial charge in [-0.15, -0.1) is 0 Å². The molecule has 1 aromatic carbocycles. The Bertz CT molecular complexity index is 1090. The average molecular weight is 445 g/mol. The van der Waals surface area contributed by atoms with Crippen LogP contribution in [0.15, 0.2) is 42.6 Å². The van der Waals surface area contributed by atoms with E-state index in [2.05, 4.69) is 20.6 Å². The zero-order valence-corrected chi connectivity index (χ0v) is 15.4. The Morgan fingerprint density at radius 3 is 2.23 bits per heavy atom. The van der Waals surface area contributed by atoms with Crippen molar-refractivity contribution >= 4 is 28.1 Å². The molecule has 2 N–H and O–H groups in total. The second-order valence-electron chi connectivity index (χ2n) is 6.29. The highest BCUT2D eigenvalue weighted by molar-refractivity contribution is 5.92. The number of aromatic nitrogens is 2. The number of alkyl halides is 6. The van der Waals surface area contributed by atoms with E-state index < -0.39 is 34.0 Å². The van der Waals surface area contributed by atoms with Crippen LogP contribution >= 0.6 is 0 Å². The van der Waals surface area contributed by atoms with Crippen LogP contribution in [0, 0.1) is 10.1 Å². The van der Waals surface area contributed by atoms with Crippen LogP contribution in [0.4, 0.5) is 43.5 Å². The van der Waals surface area contributed by atoms with Gasteiger partial charge in [-0.2, -0.15) is 26.3 Å². The van der Waals surface area contributed by atoms with Gasteiger partial charge in [0.05, 0.1) is 16.0 Å². The molecule has 0 unspecified atom stereocenters. The van der Waals surface area contributed by atoms with Crippen molar-refractivity contribution in [1.29, 1.82) is 0 Å². The lowest BCUT2D eigenvalue weighted by molar-refractivity contribution is -0.385. The van der Waals surface area contributed by atoms with Crippen LogP contribution in [0.5, 0.6) is 0 Å². The minimum absolute atomic E-state index is 0.0375.